The number of fused-ring (bicyclic) bond motifs is 1. The van der Waals surface area contributed by atoms with Crippen molar-refractivity contribution in [3.05, 3.63) is 53.1 Å². The zero-order chi connectivity index (χ0) is 19.5. The van der Waals surface area contributed by atoms with E-state index in [9.17, 15) is 4.79 Å². The van der Waals surface area contributed by atoms with Crippen LogP contribution in [0.4, 0.5) is 5.69 Å². The molecule has 0 radical (unpaired) electrons. The monoisotopic (exact) mass is 382 g/mol. The molecule has 0 unspecified atom stereocenters. The van der Waals surface area contributed by atoms with Crippen LogP contribution in [0.2, 0.25) is 0 Å². The van der Waals surface area contributed by atoms with Crippen LogP contribution < -0.4 is 10.5 Å². The Labute approximate surface area is 164 Å². The SMILES string of the molecule is COCCn1cnc2cc(N3CCN(Cc4cn(C)cn4)CC3)ccc2c1=O. The fourth-order valence-corrected chi connectivity index (χ4v) is 3.63. The maximum absolute atomic E-state index is 12.6. The van der Waals surface area contributed by atoms with Crippen LogP contribution in [0.25, 0.3) is 10.9 Å². The summed E-state index contributed by atoms with van der Waals surface area (Å²) in [6.07, 6.45) is 5.52. The van der Waals surface area contributed by atoms with Crippen LogP contribution in [0.15, 0.2) is 41.8 Å². The Morgan fingerprint density at radius 2 is 1.93 bits per heavy atom. The van der Waals surface area contributed by atoms with E-state index in [-0.39, 0.29) is 5.56 Å². The summed E-state index contributed by atoms with van der Waals surface area (Å²) in [4.78, 5) is 26.3. The summed E-state index contributed by atoms with van der Waals surface area (Å²) in [5.74, 6) is 0. The molecule has 0 amide bonds. The summed E-state index contributed by atoms with van der Waals surface area (Å²) in [5, 5.41) is 0.649. The summed E-state index contributed by atoms with van der Waals surface area (Å²) < 4.78 is 8.64. The van der Waals surface area contributed by atoms with Crippen LogP contribution in [0.5, 0.6) is 0 Å². The first kappa shape index (κ1) is 18.6. The van der Waals surface area contributed by atoms with E-state index >= 15 is 0 Å². The molecule has 2 aromatic heterocycles. The summed E-state index contributed by atoms with van der Waals surface area (Å²) in [6, 6.07) is 5.94. The van der Waals surface area contributed by atoms with Gasteiger partial charge in [0, 0.05) is 58.8 Å². The molecule has 3 heterocycles. The maximum atomic E-state index is 12.6. The van der Waals surface area contributed by atoms with E-state index in [0.29, 0.717) is 18.5 Å². The Hall–Kier alpha value is -2.71. The average Bonchev–Trinajstić information content (AvgIpc) is 3.12. The number of hydrogen-bond donors (Lipinski definition) is 0. The quantitative estimate of drug-likeness (QED) is 0.636. The zero-order valence-electron chi connectivity index (χ0n) is 16.4. The molecule has 4 rings (SSSR count). The van der Waals surface area contributed by atoms with Crippen LogP contribution in [-0.2, 0) is 24.9 Å². The molecule has 8 heteroatoms. The van der Waals surface area contributed by atoms with E-state index in [1.807, 2.05) is 36.1 Å². The highest BCUT2D eigenvalue weighted by Gasteiger charge is 2.18. The van der Waals surface area contributed by atoms with Crippen LogP contribution in [0, 0.1) is 0 Å². The lowest BCUT2D eigenvalue weighted by Crippen LogP contribution is -2.46. The van der Waals surface area contributed by atoms with Gasteiger partial charge in [0.05, 0.1) is 42.4 Å². The predicted octanol–water partition coefficient (Wildman–Crippen LogP) is 1.10. The number of imidazole rings is 1. The summed E-state index contributed by atoms with van der Waals surface area (Å²) in [7, 11) is 3.62. The minimum Gasteiger partial charge on any atom is -0.383 e. The molecule has 0 N–H and O–H groups in total. The molecule has 148 valence electrons. The number of hydrogen-bond acceptors (Lipinski definition) is 6. The standard InChI is InChI=1S/C20H26N6O2/c1-23-12-16(21-14-23)13-24-5-7-25(8-6-24)17-3-4-18-19(11-17)22-15-26(20(18)27)9-10-28-2/h3-4,11-12,14-15H,5-10,13H2,1-2H3. The van der Waals surface area contributed by atoms with Gasteiger partial charge in [-0.3, -0.25) is 14.3 Å². The number of methoxy groups -OCH3 is 1. The van der Waals surface area contributed by atoms with Crippen molar-refractivity contribution in [3.63, 3.8) is 0 Å². The smallest absolute Gasteiger partial charge is 0.261 e. The van der Waals surface area contributed by atoms with Gasteiger partial charge >= 0.3 is 0 Å². The van der Waals surface area contributed by atoms with Crippen molar-refractivity contribution in [2.24, 2.45) is 7.05 Å². The Bertz CT molecular complexity index is 1000. The van der Waals surface area contributed by atoms with E-state index in [1.54, 1.807) is 18.0 Å². The Balaban J connectivity index is 1.44. The molecule has 0 aliphatic carbocycles. The van der Waals surface area contributed by atoms with E-state index < -0.39 is 0 Å². The van der Waals surface area contributed by atoms with Crippen LogP contribution in [0.1, 0.15) is 5.69 Å². The van der Waals surface area contributed by atoms with Crippen LogP contribution >= 0.6 is 0 Å². The van der Waals surface area contributed by atoms with Crippen LogP contribution in [-0.4, -0.2) is 63.9 Å². The maximum Gasteiger partial charge on any atom is 0.261 e. The van der Waals surface area contributed by atoms with Gasteiger partial charge in [-0.25, -0.2) is 9.97 Å². The van der Waals surface area contributed by atoms with E-state index in [4.69, 9.17) is 4.74 Å². The highest BCUT2D eigenvalue weighted by atomic mass is 16.5. The number of aryl methyl sites for hydroxylation is 1. The van der Waals surface area contributed by atoms with Gasteiger partial charge in [0.1, 0.15) is 0 Å². The normalized spacial score (nSPS) is 15.4. The highest BCUT2D eigenvalue weighted by molar-refractivity contribution is 5.81. The third kappa shape index (κ3) is 3.93. The summed E-state index contributed by atoms with van der Waals surface area (Å²) in [5.41, 5.74) is 2.95. The molecule has 3 aromatic rings. The molecule has 28 heavy (non-hydrogen) atoms. The minimum atomic E-state index is -0.0196. The topological polar surface area (TPSA) is 68.4 Å². The molecule has 1 aliphatic rings. The van der Waals surface area contributed by atoms with Gasteiger partial charge in [-0.15, -0.1) is 0 Å². The third-order valence-corrected chi connectivity index (χ3v) is 5.23. The Kier molecular flexibility index (Phi) is 5.40. The zero-order valence-corrected chi connectivity index (χ0v) is 16.4. The van der Waals surface area contributed by atoms with Gasteiger partial charge in [-0.1, -0.05) is 0 Å². The minimum absolute atomic E-state index is 0.0196. The largest absolute Gasteiger partial charge is 0.383 e. The van der Waals surface area contributed by atoms with Gasteiger partial charge in [-0.05, 0) is 18.2 Å². The van der Waals surface area contributed by atoms with Crippen molar-refractivity contribution in [2.75, 3.05) is 44.8 Å². The number of aromatic nitrogens is 4. The first-order valence-electron chi connectivity index (χ1n) is 9.56. The lowest BCUT2D eigenvalue weighted by molar-refractivity contribution is 0.186. The van der Waals surface area contributed by atoms with E-state index in [0.717, 1.165) is 49.6 Å². The molecule has 0 spiro atoms. The fraction of sp³-hybridized carbons (Fsp3) is 0.450. The van der Waals surface area contributed by atoms with Crippen molar-refractivity contribution in [1.82, 2.24) is 24.0 Å². The first-order valence-corrected chi connectivity index (χ1v) is 9.56. The summed E-state index contributed by atoms with van der Waals surface area (Å²) >= 11 is 0. The summed E-state index contributed by atoms with van der Waals surface area (Å²) in [6.45, 7) is 5.76. The van der Waals surface area contributed by atoms with E-state index in [1.165, 1.54) is 0 Å². The van der Waals surface area contributed by atoms with Gasteiger partial charge in [0.25, 0.3) is 5.56 Å². The lowest BCUT2D eigenvalue weighted by Gasteiger charge is -2.35. The lowest BCUT2D eigenvalue weighted by atomic mass is 10.2. The number of nitrogens with zero attached hydrogens (tertiary/aromatic N) is 6. The molecule has 1 fully saturated rings. The molecule has 8 nitrogen and oxygen atoms in total. The second-order valence-electron chi connectivity index (χ2n) is 7.23. The van der Waals surface area contributed by atoms with Gasteiger partial charge in [0.2, 0.25) is 0 Å². The van der Waals surface area contributed by atoms with Crippen molar-refractivity contribution in [1.29, 1.82) is 0 Å². The Morgan fingerprint density at radius 1 is 1.11 bits per heavy atom. The van der Waals surface area contributed by atoms with Gasteiger partial charge in [-0.2, -0.15) is 0 Å². The van der Waals surface area contributed by atoms with Crippen molar-refractivity contribution in [3.8, 4) is 0 Å². The second-order valence-corrected chi connectivity index (χ2v) is 7.23. The molecule has 1 aliphatic heterocycles. The number of ether oxygens (including phenoxy) is 1. The average molecular weight is 382 g/mol. The van der Waals surface area contributed by atoms with E-state index in [2.05, 4.69) is 26.0 Å². The van der Waals surface area contributed by atoms with Crippen molar-refractivity contribution < 1.29 is 4.74 Å². The van der Waals surface area contributed by atoms with Gasteiger partial charge in [0.15, 0.2) is 0 Å². The third-order valence-electron chi connectivity index (χ3n) is 5.23. The van der Waals surface area contributed by atoms with Gasteiger partial charge < -0.3 is 14.2 Å². The highest BCUT2D eigenvalue weighted by Crippen LogP contribution is 2.21. The van der Waals surface area contributed by atoms with Crippen molar-refractivity contribution >= 4 is 16.6 Å². The molecule has 1 saturated heterocycles. The Morgan fingerprint density at radius 3 is 2.64 bits per heavy atom. The van der Waals surface area contributed by atoms with Crippen LogP contribution in [0.3, 0.4) is 0 Å². The predicted molar refractivity (Wildman–Crippen MR) is 109 cm³/mol. The fourth-order valence-electron chi connectivity index (χ4n) is 3.63. The van der Waals surface area contributed by atoms with Crippen molar-refractivity contribution in [2.45, 2.75) is 13.1 Å². The molecule has 1 aromatic carbocycles. The number of anilines is 1. The second kappa shape index (κ2) is 8.12. The molecular weight excluding hydrogens is 356 g/mol. The first-order chi connectivity index (χ1) is 13.6. The molecule has 0 bridgehead atoms. The number of piperazine rings is 1. The molecule has 0 saturated carbocycles. The number of rotatable bonds is 6. The molecule has 0 atom stereocenters. The number of benzene rings is 1. The molecular formula is C20H26N6O2.